The zero-order chi connectivity index (χ0) is 40.4. The van der Waals surface area contributed by atoms with E-state index in [1.165, 1.54) is 254 Å². The monoisotopic (exact) mass is 777 g/mol. The van der Waals surface area contributed by atoms with Crippen molar-refractivity contribution in [3.05, 3.63) is 0 Å². The molecule has 0 aliphatic heterocycles. The van der Waals surface area contributed by atoms with Gasteiger partial charge in [0.2, 0.25) is 0 Å². The molecule has 0 atom stereocenters. The topological polar surface area (TPSA) is 80.3 Å². The lowest BCUT2D eigenvalue weighted by atomic mass is 10.1. The summed E-state index contributed by atoms with van der Waals surface area (Å²) in [5, 5.41) is 0. The van der Waals surface area contributed by atoms with Crippen LogP contribution >= 0.6 is 0 Å². The Labute approximate surface area is 336 Å². The summed E-state index contributed by atoms with van der Waals surface area (Å²) < 4.78 is 36.7. The Morgan fingerprint density at radius 3 is 0.566 bits per heavy atom. The van der Waals surface area contributed by atoms with Crippen LogP contribution in [0.3, 0.4) is 0 Å². The molecule has 0 rings (SSSR count). The van der Waals surface area contributed by atoms with Crippen molar-refractivity contribution in [1.29, 1.82) is 0 Å². The van der Waals surface area contributed by atoms with E-state index in [1.54, 1.807) is 0 Å². The van der Waals surface area contributed by atoms with Crippen molar-refractivity contribution >= 4 is 10.4 Å². The summed E-state index contributed by atoms with van der Waals surface area (Å²) in [6.45, 7) is 22.2. The number of unbranched alkanes of at least 4 members (excludes halogenated alkanes) is 28. The highest BCUT2D eigenvalue weighted by Crippen LogP contribution is 2.16. The van der Waals surface area contributed by atoms with Crippen LogP contribution in [-0.2, 0) is 10.4 Å². The summed E-state index contributed by atoms with van der Waals surface area (Å²) in [4.78, 5) is 0. The van der Waals surface area contributed by atoms with Gasteiger partial charge in [-0.2, -0.15) is 0 Å². The van der Waals surface area contributed by atoms with E-state index >= 15 is 0 Å². The molecule has 0 aromatic carbocycles. The maximum absolute atomic E-state index is 8.52. The minimum Gasteiger partial charge on any atom is -0.759 e. The largest absolute Gasteiger partial charge is 0.759 e. The summed E-state index contributed by atoms with van der Waals surface area (Å²) >= 11 is 0. The molecule has 0 bridgehead atoms. The van der Waals surface area contributed by atoms with Crippen LogP contribution in [0.25, 0.3) is 0 Å². The van der Waals surface area contributed by atoms with Crippen molar-refractivity contribution in [2.45, 2.75) is 247 Å². The number of hydrogen-bond acceptors (Lipinski definition) is 4. The molecule has 0 unspecified atom stereocenters. The third-order valence-corrected chi connectivity index (χ3v) is 11.7. The van der Waals surface area contributed by atoms with Gasteiger partial charge in [0, 0.05) is 10.4 Å². The van der Waals surface area contributed by atoms with E-state index in [2.05, 4.69) is 55.6 Å². The zero-order valence-corrected chi connectivity index (χ0v) is 38.6. The van der Waals surface area contributed by atoms with Gasteiger partial charge in [-0.1, -0.05) is 182 Å². The summed E-state index contributed by atoms with van der Waals surface area (Å²) in [6.07, 6.45) is 46.2. The Kier molecular flexibility index (Phi) is 46.3. The van der Waals surface area contributed by atoms with Crippen LogP contribution in [0.1, 0.15) is 247 Å². The fraction of sp³-hybridized carbons (Fsp3) is 1.00. The number of quaternary nitrogens is 2. The normalized spacial score (nSPS) is 12.0. The molecular weight excluding hydrogens is 677 g/mol. The quantitative estimate of drug-likeness (QED) is 0.0271. The van der Waals surface area contributed by atoms with Gasteiger partial charge in [-0.05, 0) is 65.2 Å². The molecular formula is C46H100N2O4S. The van der Waals surface area contributed by atoms with Gasteiger partial charge in [-0.3, -0.25) is 8.42 Å². The molecule has 53 heavy (non-hydrogen) atoms. The molecule has 7 heteroatoms. The van der Waals surface area contributed by atoms with E-state index in [4.69, 9.17) is 17.5 Å². The molecule has 0 saturated heterocycles. The second-order valence-corrected chi connectivity index (χ2v) is 17.9. The van der Waals surface area contributed by atoms with Crippen LogP contribution in [0.15, 0.2) is 0 Å². The molecule has 0 aromatic rings. The maximum Gasteiger partial charge on any atom is 0.0784 e. The van der Waals surface area contributed by atoms with Gasteiger partial charge in [0.05, 0.1) is 53.4 Å². The third-order valence-electron chi connectivity index (χ3n) is 11.7. The zero-order valence-electron chi connectivity index (χ0n) is 37.8. The van der Waals surface area contributed by atoms with Crippen molar-refractivity contribution in [1.82, 2.24) is 0 Å². The van der Waals surface area contributed by atoms with Crippen LogP contribution in [0.2, 0.25) is 0 Å². The third kappa shape index (κ3) is 51.8. The van der Waals surface area contributed by atoms with Gasteiger partial charge in [0.1, 0.15) is 0 Å². The minimum absolute atomic E-state index is 1.31. The smallest absolute Gasteiger partial charge is 0.0784 e. The molecule has 0 aromatic heterocycles. The molecule has 0 saturated carbocycles. The van der Waals surface area contributed by atoms with Crippen LogP contribution in [0, 0.1) is 0 Å². The summed E-state index contributed by atoms with van der Waals surface area (Å²) in [6, 6.07) is 0. The van der Waals surface area contributed by atoms with E-state index < -0.39 is 10.4 Å². The summed E-state index contributed by atoms with van der Waals surface area (Å²) in [5.41, 5.74) is 0. The molecule has 0 spiro atoms. The van der Waals surface area contributed by atoms with Crippen LogP contribution in [0.5, 0.6) is 0 Å². The lowest BCUT2D eigenvalue weighted by Crippen LogP contribution is -2.45. The minimum atomic E-state index is -5.17. The number of nitrogens with zero attached hydrogens (tertiary/aromatic N) is 2. The van der Waals surface area contributed by atoms with Gasteiger partial charge in [-0.25, -0.2) is 0 Å². The van der Waals surface area contributed by atoms with Crippen molar-refractivity contribution < 1.29 is 26.5 Å². The van der Waals surface area contributed by atoms with E-state index in [1.807, 2.05) is 0 Å². The fourth-order valence-electron chi connectivity index (χ4n) is 7.37. The number of hydrogen-bond donors (Lipinski definition) is 0. The Balaban J connectivity index is -0.000000835. The lowest BCUT2D eigenvalue weighted by Gasteiger charge is -2.33. The predicted octanol–water partition coefficient (Wildman–Crippen LogP) is 14.1. The SMILES string of the molecule is CCCCCCCCCC[N+](C)(CC)CCCCCCCCCC.CCCCCCCCCC[N+](C)(CC)CCCCCCCCCC.O=S(=O)([O-])[O-]. The Morgan fingerprint density at radius 1 is 0.302 bits per heavy atom. The van der Waals surface area contributed by atoms with E-state index in [9.17, 15) is 0 Å². The summed E-state index contributed by atoms with van der Waals surface area (Å²) in [7, 11) is -0.189. The first-order valence-corrected chi connectivity index (χ1v) is 25.0. The van der Waals surface area contributed by atoms with Crippen LogP contribution < -0.4 is 0 Å². The fourth-order valence-corrected chi connectivity index (χ4v) is 7.37. The molecule has 0 amide bonds. The Morgan fingerprint density at radius 2 is 0.434 bits per heavy atom. The van der Waals surface area contributed by atoms with E-state index in [0.29, 0.717) is 0 Å². The van der Waals surface area contributed by atoms with Crippen molar-refractivity contribution in [3.63, 3.8) is 0 Å². The van der Waals surface area contributed by atoms with Gasteiger partial charge in [-0.15, -0.1) is 0 Å². The van der Waals surface area contributed by atoms with Gasteiger partial charge >= 0.3 is 0 Å². The molecule has 0 N–H and O–H groups in total. The highest BCUT2D eigenvalue weighted by atomic mass is 32.3. The molecule has 0 heterocycles. The lowest BCUT2D eigenvalue weighted by molar-refractivity contribution is -0.908. The Bertz CT molecular complexity index is 694. The average Bonchev–Trinajstić information content (AvgIpc) is 3.12. The standard InChI is InChI=1S/2C23H50N.H2O4S/c2*1-5-8-10-12-14-16-18-20-22-24(4,7-3)23-21-19-17-15-13-11-9-6-2;1-5(2,3)4/h2*5-23H2,1-4H3;(H2,1,2,3,4)/q2*+1;/p-2. The predicted molar refractivity (Wildman–Crippen MR) is 234 cm³/mol. The first-order chi connectivity index (χ1) is 25.4. The molecule has 0 fully saturated rings. The first-order valence-electron chi connectivity index (χ1n) is 23.7. The summed E-state index contributed by atoms with van der Waals surface area (Å²) in [5.74, 6) is 0. The molecule has 0 radical (unpaired) electrons. The van der Waals surface area contributed by atoms with Gasteiger partial charge < -0.3 is 18.1 Å². The van der Waals surface area contributed by atoms with E-state index in [-0.39, 0.29) is 0 Å². The Hall–Kier alpha value is -0.210. The van der Waals surface area contributed by atoms with Crippen molar-refractivity contribution in [3.8, 4) is 0 Å². The molecule has 0 aliphatic rings. The highest BCUT2D eigenvalue weighted by Gasteiger charge is 2.18. The molecule has 324 valence electrons. The van der Waals surface area contributed by atoms with Gasteiger partial charge in [0.25, 0.3) is 0 Å². The van der Waals surface area contributed by atoms with E-state index in [0.717, 1.165) is 0 Å². The molecule has 0 aliphatic carbocycles. The number of rotatable bonds is 38. The van der Waals surface area contributed by atoms with Crippen molar-refractivity contribution in [2.24, 2.45) is 0 Å². The van der Waals surface area contributed by atoms with Crippen LogP contribution in [-0.4, -0.2) is 79.9 Å². The highest BCUT2D eigenvalue weighted by molar-refractivity contribution is 7.79. The van der Waals surface area contributed by atoms with Gasteiger partial charge in [0.15, 0.2) is 0 Å². The van der Waals surface area contributed by atoms with Crippen molar-refractivity contribution in [2.75, 3.05) is 53.4 Å². The molecule has 6 nitrogen and oxygen atoms in total. The second-order valence-electron chi connectivity index (χ2n) is 17.1. The second kappa shape index (κ2) is 42.9. The maximum atomic E-state index is 8.52. The van der Waals surface area contributed by atoms with Crippen LogP contribution in [0.4, 0.5) is 0 Å². The first kappa shape index (κ1) is 57.1. The average molecular weight is 777 g/mol.